The summed E-state index contributed by atoms with van der Waals surface area (Å²) in [7, 11) is 1.68. The smallest absolute Gasteiger partial charge is 0.145 e. The van der Waals surface area contributed by atoms with Crippen molar-refractivity contribution in [3.05, 3.63) is 29.8 Å². The van der Waals surface area contributed by atoms with Gasteiger partial charge in [0.25, 0.3) is 0 Å². The van der Waals surface area contributed by atoms with Gasteiger partial charge < -0.3 is 10.5 Å². The van der Waals surface area contributed by atoms with Crippen LogP contribution in [0.4, 0.5) is 4.39 Å². The van der Waals surface area contributed by atoms with Crippen molar-refractivity contribution in [2.45, 2.75) is 12.0 Å². The molecule has 0 aromatic carbocycles. The fourth-order valence-electron chi connectivity index (χ4n) is 2.33. The zero-order chi connectivity index (χ0) is 12.3. The quantitative estimate of drug-likeness (QED) is 0.835. The molecule has 0 spiro atoms. The molecule has 0 aliphatic carbocycles. The Bertz CT molecular complexity index is 375. The van der Waals surface area contributed by atoms with Gasteiger partial charge in [-0.2, -0.15) is 0 Å². The van der Waals surface area contributed by atoms with Crippen LogP contribution in [0.25, 0.3) is 0 Å². The van der Waals surface area contributed by atoms with Crippen molar-refractivity contribution >= 4 is 0 Å². The molecule has 5 heteroatoms. The number of ether oxygens (including phenoxy) is 1. The number of halogens is 1. The first-order valence-corrected chi connectivity index (χ1v) is 5.78. The van der Waals surface area contributed by atoms with Crippen molar-refractivity contribution in [2.24, 2.45) is 5.73 Å². The third-order valence-electron chi connectivity index (χ3n) is 3.26. The fourth-order valence-corrected chi connectivity index (χ4v) is 2.33. The summed E-state index contributed by atoms with van der Waals surface area (Å²) in [5.74, 6) is -0.212. The molecule has 4 nitrogen and oxygen atoms in total. The summed E-state index contributed by atoms with van der Waals surface area (Å²) < 4.78 is 18.7. The normalized spacial score (nSPS) is 25.4. The Balaban J connectivity index is 2.05. The van der Waals surface area contributed by atoms with Crippen molar-refractivity contribution in [1.29, 1.82) is 0 Å². The molecule has 1 fully saturated rings. The van der Waals surface area contributed by atoms with Crippen LogP contribution in [0.5, 0.6) is 0 Å². The minimum atomic E-state index is -0.262. The van der Waals surface area contributed by atoms with Crippen LogP contribution in [0.15, 0.2) is 18.5 Å². The minimum absolute atomic E-state index is 0.0243. The Morgan fingerprint density at radius 1 is 1.59 bits per heavy atom. The van der Waals surface area contributed by atoms with Gasteiger partial charge in [-0.25, -0.2) is 4.39 Å². The van der Waals surface area contributed by atoms with Crippen molar-refractivity contribution < 1.29 is 9.13 Å². The van der Waals surface area contributed by atoms with E-state index in [0.29, 0.717) is 12.2 Å². The van der Waals surface area contributed by atoms with E-state index >= 15 is 0 Å². The first-order valence-electron chi connectivity index (χ1n) is 5.78. The van der Waals surface area contributed by atoms with E-state index in [1.807, 2.05) is 0 Å². The lowest BCUT2D eigenvalue weighted by Gasteiger charge is -2.15. The maximum Gasteiger partial charge on any atom is 0.145 e. The molecule has 0 bridgehead atoms. The number of methoxy groups -OCH3 is 1. The van der Waals surface area contributed by atoms with E-state index < -0.39 is 0 Å². The zero-order valence-corrected chi connectivity index (χ0v) is 9.97. The van der Waals surface area contributed by atoms with Crippen LogP contribution in [0.2, 0.25) is 0 Å². The Kier molecular flexibility index (Phi) is 4.04. The lowest BCUT2D eigenvalue weighted by molar-refractivity contribution is 0.159. The molecular formula is C12H18FN3O. The summed E-state index contributed by atoms with van der Waals surface area (Å²) in [5, 5.41) is 0. The fraction of sp³-hybridized carbons (Fsp3) is 0.583. The van der Waals surface area contributed by atoms with E-state index in [0.717, 1.165) is 19.6 Å². The molecule has 0 saturated carbocycles. The summed E-state index contributed by atoms with van der Waals surface area (Å²) in [6, 6.07) is 1.70. The van der Waals surface area contributed by atoms with Gasteiger partial charge in [0.05, 0.1) is 12.8 Å². The van der Waals surface area contributed by atoms with E-state index in [1.54, 1.807) is 19.4 Å². The maximum absolute atomic E-state index is 13.6. The zero-order valence-electron chi connectivity index (χ0n) is 9.97. The number of pyridine rings is 1. The number of hydrogen-bond acceptors (Lipinski definition) is 4. The van der Waals surface area contributed by atoms with Crippen molar-refractivity contribution in [2.75, 3.05) is 33.4 Å². The van der Waals surface area contributed by atoms with Crippen LogP contribution in [-0.4, -0.2) is 49.3 Å². The van der Waals surface area contributed by atoms with E-state index in [-0.39, 0.29) is 17.8 Å². The van der Waals surface area contributed by atoms with Gasteiger partial charge in [-0.1, -0.05) is 0 Å². The maximum atomic E-state index is 13.6. The van der Waals surface area contributed by atoms with Gasteiger partial charge in [0.2, 0.25) is 0 Å². The summed E-state index contributed by atoms with van der Waals surface area (Å²) in [6.07, 6.45) is 2.86. The molecule has 1 aromatic heterocycles. The van der Waals surface area contributed by atoms with Crippen LogP contribution in [0.1, 0.15) is 11.5 Å². The molecule has 1 aromatic rings. The van der Waals surface area contributed by atoms with Gasteiger partial charge in [-0.3, -0.25) is 9.88 Å². The number of nitrogens with zero attached hydrogens (tertiary/aromatic N) is 2. The predicted molar refractivity (Wildman–Crippen MR) is 63.2 cm³/mol. The molecule has 1 aliphatic rings. The Morgan fingerprint density at radius 2 is 2.41 bits per heavy atom. The molecule has 17 heavy (non-hydrogen) atoms. The molecule has 94 valence electrons. The summed E-state index contributed by atoms with van der Waals surface area (Å²) >= 11 is 0. The van der Waals surface area contributed by atoms with Gasteiger partial charge in [-0.05, 0) is 11.6 Å². The SMILES string of the molecule is COCCN1CC(c2ccncc2F)[C@H](N)C1. The molecule has 2 rings (SSSR count). The second-order valence-corrected chi connectivity index (χ2v) is 4.42. The van der Waals surface area contributed by atoms with Crippen molar-refractivity contribution in [3.8, 4) is 0 Å². The second-order valence-electron chi connectivity index (χ2n) is 4.42. The van der Waals surface area contributed by atoms with Gasteiger partial charge in [0.15, 0.2) is 0 Å². The highest BCUT2D eigenvalue weighted by atomic mass is 19.1. The highest BCUT2D eigenvalue weighted by molar-refractivity contribution is 5.22. The molecule has 2 N–H and O–H groups in total. The van der Waals surface area contributed by atoms with Crippen molar-refractivity contribution in [1.82, 2.24) is 9.88 Å². The number of aromatic nitrogens is 1. The molecular weight excluding hydrogens is 221 g/mol. The van der Waals surface area contributed by atoms with Crippen LogP contribution >= 0.6 is 0 Å². The highest BCUT2D eigenvalue weighted by Crippen LogP contribution is 2.27. The molecule has 0 radical (unpaired) electrons. The second kappa shape index (κ2) is 5.53. The van der Waals surface area contributed by atoms with Gasteiger partial charge >= 0.3 is 0 Å². The van der Waals surface area contributed by atoms with Gasteiger partial charge in [0.1, 0.15) is 5.82 Å². The summed E-state index contributed by atoms with van der Waals surface area (Å²) in [5.41, 5.74) is 6.75. The van der Waals surface area contributed by atoms with Crippen LogP contribution in [0, 0.1) is 5.82 Å². The highest BCUT2D eigenvalue weighted by Gasteiger charge is 2.32. The standard InChI is InChI=1S/C12H18FN3O/c1-17-5-4-16-7-10(12(14)8-16)9-2-3-15-6-11(9)13/h2-3,6,10,12H,4-5,7-8,14H2,1H3/t10?,12-/m1/s1. The Hall–Kier alpha value is -1.04. The predicted octanol–water partition coefficient (Wildman–Crippen LogP) is 0.594. The number of hydrogen-bond donors (Lipinski definition) is 1. The number of rotatable bonds is 4. The molecule has 1 aliphatic heterocycles. The largest absolute Gasteiger partial charge is 0.383 e. The lowest BCUT2D eigenvalue weighted by atomic mass is 9.95. The van der Waals surface area contributed by atoms with Crippen molar-refractivity contribution in [3.63, 3.8) is 0 Å². The lowest BCUT2D eigenvalue weighted by Crippen LogP contribution is -2.30. The average Bonchev–Trinajstić information content (AvgIpc) is 2.68. The minimum Gasteiger partial charge on any atom is -0.383 e. The Morgan fingerprint density at radius 3 is 3.12 bits per heavy atom. The van der Waals surface area contributed by atoms with E-state index in [1.165, 1.54) is 6.20 Å². The van der Waals surface area contributed by atoms with Gasteiger partial charge in [0, 0.05) is 44.9 Å². The first-order chi connectivity index (χ1) is 8.22. The number of nitrogens with two attached hydrogens (primary N) is 1. The van der Waals surface area contributed by atoms with Crippen LogP contribution in [0.3, 0.4) is 0 Å². The van der Waals surface area contributed by atoms with E-state index in [4.69, 9.17) is 10.5 Å². The third kappa shape index (κ3) is 2.80. The number of likely N-dealkylation sites (tertiary alicyclic amines) is 1. The summed E-state index contributed by atoms with van der Waals surface area (Å²) in [4.78, 5) is 5.97. The molecule has 2 heterocycles. The van der Waals surface area contributed by atoms with Crippen LogP contribution in [-0.2, 0) is 4.74 Å². The molecule has 1 saturated heterocycles. The Labute approximate surface area is 101 Å². The van der Waals surface area contributed by atoms with Gasteiger partial charge in [-0.15, -0.1) is 0 Å². The average molecular weight is 239 g/mol. The van der Waals surface area contributed by atoms with Crippen LogP contribution < -0.4 is 5.73 Å². The molecule has 1 unspecified atom stereocenters. The third-order valence-corrected chi connectivity index (χ3v) is 3.26. The summed E-state index contributed by atoms with van der Waals surface area (Å²) in [6.45, 7) is 3.09. The van der Waals surface area contributed by atoms with E-state index in [9.17, 15) is 4.39 Å². The van der Waals surface area contributed by atoms with E-state index in [2.05, 4.69) is 9.88 Å². The molecule has 0 amide bonds. The molecule has 2 atom stereocenters. The monoisotopic (exact) mass is 239 g/mol. The topological polar surface area (TPSA) is 51.4 Å². The first kappa shape index (κ1) is 12.4.